The third-order valence-electron chi connectivity index (χ3n) is 2.90. The molecule has 0 amide bonds. The predicted octanol–water partition coefficient (Wildman–Crippen LogP) is 0.730. The number of aryl methyl sites for hydroxylation is 1. The van der Waals surface area contributed by atoms with E-state index in [0.717, 1.165) is 12.8 Å². The average Bonchev–Trinajstić information content (AvgIpc) is 2.68. The summed E-state index contributed by atoms with van der Waals surface area (Å²) in [5.74, 6) is 0. The highest BCUT2D eigenvalue weighted by Crippen LogP contribution is 2.14. The van der Waals surface area contributed by atoms with Crippen LogP contribution >= 0.6 is 0 Å². The maximum atomic E-state index is 9.59. The first kappa shape index (κ1) is 11.5. The minimum absolute atomic E-state index is 0.0974. The number of rotatable bonds is 4. The molecule has 0 aromatic heterocycles. The van der Waals surface area contributed by atoms with Crippen molar-refractivity contribution < 1.29 is 9.94 Å². The third-order valence-corrected chi connectivity index (χ3v) is 2.90. The van der Waals surface area contributed by atoms with E-state index in [9.17, 15) is 5.11 Å². The summed E-state index contributed by atoms with van der Waals surface area (Å²) in [7, 11) is 1.59. The molecule has 2 atom stereocenters. The third kappa shape index (κ3) is 2.59. The van der Waals surface area contributed by atoms with Gasteiger partial charge >= 0.3 is 0 Å². The molecular weight excluding hydrogens is 204 g/mol. The van der Waals surface area contributed by atoms with Gasteiger partial charge in [-0.1, -0.05) is 30.3 Å². The average molecular weight is 222 g/mol. The van der Waals surface area contributed by atoms with Gasteiger partial charge in [0.05, 0.1) is 13.3 Å². The summed E-state index contributed by atoms with van der Waals surface area (Å²) in [5.41, 5.74) is 1.31. The van der Waals surface area contributed by atoms with Crippen molar-refractivity contribution in [3.05, 3.63) is 35.9 Å². The van der Waals surface area contributed by atoms with Crippen molar-refractivity contribution in [2.45, 2.75) is 25.2 Å². The van der Waals surface area contributed by atoms with Gasteiger partial charge in [-0.2, -0.15) is 0 Å². The summed E-state index contributed by atoms with van der Waals surface area (Å²) in [4.78, 5) is 5.15. The zero-order valence-corrected chi connectivity index (χ0v) is 9.47. The molecule has 0 spiro atoms. The van der Waals surface area contributed by atoms with Crippen LogP contribution in [0.15, 0.2) is 30.3 Å². The van der Waals surface area contributed by atoms with Gasteiger partial charge < -0.3 is 5.11 Å². The molecule has 1 aliphatic heterocycles. The van der Waals surface area contributed by atoms with Crippen LogP contribution in [0.4, 0.5) is 0 Å². The highest BCUT2D eigenvalue weighted by molar-refractivity contribution is 5.14. The Balaban J connectivity index is 1.86. The Bertz CT molecular complexity index is 318. The summed E-state index contributed by atoms with van der Waals surface area (Å²) in [6.45, 7) is 0.563. The van der Waals surface area contributed by atoms with E-state index in [0.29, 0.717) is 6.54 Å². The minimum Gasteiger partial charge on any atom is -0.375 e. The standard InChI is InChI=1S/C12H18N2O2/c1-16-14-11(13-9-12(14)15)8-7-10-5-3-2-4-6-10/h2-6,11-13,15H,7-9H2,1H3. The molecule has 0 radical (unpaired) electrons. The van der Waals surface area contributed by atoms with E-state index in [1.54, 1.807) is 12.2 Å². The number of β-amino-alcohol motifs (C(OH)–C–C–N with tert-alkyl or cyclic N) is 1. The van der Waals surface area contributed by atoms with Crippen LogP contribution in [0.5, 0.6) is 0 Å². The van der Waals surface area contributed by atoms with Gasteiger partial charge in [-0.15, -0.1) is 5.06 Å². The number of hydrogen-bond donors (Lipinski definition) is 2. The van der Waals surface area contributed by atoms with Crippen molar-refractivity contribution in [1.29, 1.82) is 0 Å². The molecule has 1 saturated heterocycles. The van der Waals surface area contributed by atoms with E-state index in [2.05, 4.69) is 17.4 Å². The highest BCUT2D eigenvalue weighted by atomic mass is 16.7. The highest BCUT2D eigenvalue weighted by Gasteiger charge is 2.31. The Kier molecular flexibility index (Phi) is 3.90. The second-order valence-corrected chi connectivity index (χ2v) is 3.97. The maximum Gasteiger partial charge on any atom is 0.144 e. The molecule has 2 unspecified atom stereocenters. The Morgan fingerprint density at radius 1 is 1.44 bits per heavy atom. The predicted molar refractivity (Wildman–Crippen MR) is 61.4 cm³/mol. The molecule has 1 aliphatic rings. The van der Waals surface area contributed by atoms with E-state index >= 15 is 0 Å². The topological polar surface area (TPSA) is 44.7 Å². The Morgan fingerprint density at radius 2 is 2.19 bits per heavy atom. The molecule has 2 N–H and O–H groups in total. The van der Waals surface area contributed by atoms with Gasteiger partial charge in [0.25, 0.3) is 0 Å². The van der Waals surface area contributed by atoms with Crippen LogP contribution in [0.1, 0.15) is 12.0 Å². The van der Waals surface area contributed by atoms with Crippen LogP contribution in [-0.2, 0) is 11.3 Å². The zero-order chi connectivity index (χ0) is 11.4. The number of nitrogens with one attached hydrogen (secondary N) is 1. The first-order valence-corrected chi connectivity index (χ1v) is 5.59. The van der Waals surface area contributed by atoms with E-state index in [-0.39, 0.29) is 6.17 Å². The molecule has 4 nitrogen and oxygen atoms in total. The lowest BCUT2D eigenvalue weighted by atomic mass is 10.1. The molecule has 0 aliphatic carbocycles. The lowest BCUT2D eigenvalue weighted by molar-refractivity contribution is -0.218. The molecule has 1 fully saturated rings. The SMILES string of the molecule is CON1C(O)CNC1CCc1ccccc1. The van der Waals surface area contributed by atoms with Crippen molar-refractivity contribution in [3.63, 3.8) is 0 Å². The fourth-order valence-corrected chi connectivity index (χ4v) is 2.06. The van der Waals surface area contributed by atoms with Crippen LogP contribution < -0.4 is 5.32 Å². The summed E-state index contributed by atoms with van der Waals surface area (Å²) in [5, 5.41) is 14.4. The lowest BCUT2D eigenvalue weighted by Crippen LogP contribution is -2.38. The maximum absolute atomic E-state index is 9.59. The van der Waals surface area contributed by atoms with Gasteiger partial charge in [-0.05, 0) is 18.4 Å². The van der Waals surface area contributed by atoms with Crippen molar-refractivity contribution in [1.82, 2.24) is 10.4 Å². The normalized spacial score (nSPS) is 26.1. The Morgan fingerprint density at radius 3 is 2.88 bits per heavy atom. The number of aliphatic hydroxyl groups is 1. The molecule has 16 heavy (non-hydrogen) atoms. The van der Waals surface area contributed by atoms with Gasteiger partial charge in [0.1, 0.15) is 6.23 Å². The monoisotopic (exact) mass is 222 g/mol. The Labute approximate surface area is 95.8 Å². The second-order valence-electron chi connectivity index (χ2n) is 3.97. The molecule has 4 heteroatoms. The Hall–Kier alpha value is -0.940. The van der Waals surface area contributed by atoms with Crippen molar-refractivity contribution in [3.8, 4) is 0 Å². The number of nitrogens with zero attached hydrogens (tertiary/aromatic N) is 1. The molecule has 1 aromatic rings. The van der Waals surface area contributed by atoms with Crippen LogP contribution in [0, 0.1) is 0 Å². The summed E-state index contributed by atoms with van der Waals surface area (Å²) in [6, 6.07) is 10.3. The molecular formula is C12H18N2O2. The quantitative estimate of drug-likeness (QED) is 0.788. The fourth-order valence-electron chi connectivity index (χ4n) is 2.06. The first-order valence-electron chi connectivity index (χ1n) is 5.59. The fraction of sp³-hybridized carbons (Fsp3) is 0.500. The van der Waals surface area contributed by atoms with Crippen molar-refractivity contribution in [2.75, 3.05) is 13.7 Å². The van der Waals surface area contributed by atoms with E-state index < -0.39 is 6.23 Å². The van der Waals surface area contributed by atoms with Gasteiger partial charge in [-0.3, -0.25) is 10.2 Å². The largest absolute Gasteiger partial charge is 0.375 e. The molecule has 2 rings (SSSR count). The van der Waals surface area contributed by atoms with Crippen LogP contribution in [-0.4, -0.2) is 36.2 Å². The zero-order valence-electron chi connectivity index (χ0n) is 9.47. The van der Waals surface area contributed by atoms with Crippen LogP contribution in [0.3, 0.4) is 0 Å². The lowest BCUT2D eigenvalue weighted by Gasteiger charge is -2.23. The van der Waals surface area contributed by atoms with Crippen molar-refractivity contribution >= 4 is 0 Å². The molecule has 0 bridgehead atoms. The summed E-state index contributed by atoms with van der Waals surface area (Å²) < 4.78 is 0. The van der Waals surface area contributed by atoms with Gasteiger partial charge in [0.2, 0.25) is 0 Å². The van der Waals surface area contributed by atoms with E-state index in [4.69, 9.17) is 4.84 Å². The number of hydroxylamine groups is 2. The summed E-state index contributed by atoms with van der Waals surface area (Å²) >= 11 is 0. The first-order chi connectivity index (χ1) is 7.81. The van der Waals surface area contributed by atoms with Gasteiger partial charge in [-0.25, -0.2) is 0 Å². The van der Waals surface area contributed by atoms with Crippen LogP contribution in [0.25, 0.3) is 0 Å². The number of benzene rings is 1. The van der Waals surface area contributed by atoms with E-state index in [1.807, 2.05) is 18.2 Å². The molecule has 0 saturated carbocycles. The summed E-state index contributed by atoms with van der Waals surface area (Å²) in [6.07, 6.45) is 1.46. The molecule has 1 heterocycles. The smallest absolute Gasteiger partial charge is 0.144 e. The van der Waals surface area contributed by atoms with Gasteiger partial charge in [0.15, 0.2) is 0 Å². The minimum atomic E-state index is -0.536. The van der Waals surface area contributed by atoms with E-state index in [1.165, 1.54) is 5.56 Å². The molecule has 1 aromatic carbocycles. The number of hydrogen-bond acceptors (Lipinski definition) is 4. The number of aliphatic hydroxyl groups excluding tert-OH is 1. The molecule has 88 valence electrons. The van der Waals surface area contributed by atoms with Crippen LogP contribution in [0.2, 0.25) is 0 Å². The van der Waals surface area contributed by atoms with Gasteiger partial charge in [0, 0.05) is 6.54 Å². The second kappa shape index (κ2) is 5.41. The van der Waals surface area contributed by atoms with Crippen molar-refractivity contribution in [2.24, 2.45) is 0 Å².